The van der Waals surface area contributed by atoms with Crippen LogP contribution in [0.3, 0.4) is 0 Å². The van der Waals surface area contributed by atoms with Crippen LogP contribution in [0.1, 0.15) is 31.4 Å². The van der Waals surface area contributed by atoms with Gasteiger partial charge in [-0.2, -0.15) is 4.31 Å². The van der Waals surface area contributed by atoms with Gasteiger partial charge in [0.2, 0.25) is 15.9 Å². The number of nitrogens with zero attached hydrogens (tertiary/aromatic N) is 1. The van der Waals surface area contributed by atoms with E-state index in [0.717, 1.165) is 11.1 Å². The highest BCUT2D eigenvalue weighted by atomic mass is 32.2. The first-order chi connectivity index (χ1) is 12.9. The van der Waals surface area contributed by atoms with Gasteiger partial charge in [0.25, 0.3) is 0 Å². The van der Waals surface area contributed by atoms with E-state index in [1.807, 2.05) is 0 Å². The van der Waals surface area contributed by atoms with Crippen molar-refractivity contribution in [1.29, 1.82) is 0 Å². The van der Waals surface area contributed by atoms with Crippen LogP contribution in [0.25, 0.3) is 0 Å². The molecule has 0 saturated heterocycles. The van der Waals surface area contributed by atoms with Gasteiger partial charge in [0, 0.05) is 26.1 Å². The maximum Gasteiger partial charge on any atom is 0.243 e. The standard InChI is InChI=1S/C20H25FN2O3S/c1-3-23(4-2)27(25,26)19-11-8-17(9-12-19)15-22-20(24)13-10-16-6-5-7-18(21)14-16/h5-9,11-12,14H,3-4,10,13,15H2,1-2H3,(H,22,24). The molecule has 0 radical (unpaired) electrons. The summed E-state index contributed by atoms with van der Waals surface area (Å²) >= 11 is 0. The van der Waals surface area contributed by atoms with Gasteiger partial charge in [-0.1, -0.05) is 38.1 Å². The average Bonchev–Trinajstić information content (AvgIpc) is 2.66. The number of hydrogen-bond acceptors (Lipinski definition) is 3. The number of carbonyl (C=O) groups is 1. The third-order valence-corrected chi connectivity index (χ3v) is 6.35. The monoisotopic (exact) mass is 392 g/mol. The summed E-state index contributed by atoms with van der Waals surface area (Å²) in [5, 5.41) is 2.79. The van der Waals surface area contributed by atoms with Gasteiger partial charge in [0.05, 0.1) is 4.90 Å². The van der Waals surface area contributed by atoms with Gasteiger partial charge in [0.1, 0.15) is 5.82 Å². The minimum absolute atomic E-state index is 0.140. The molecule has 1 N–H and O–H groups in total. The highest BCUT2D eigenvalue weighted by Crippen LogP contribution is 2.16. The third-order valence-electron chi connectivity index (χ3n) is 4.29. The molecule has 0 aromatic heterocycles. The molecule has 2 rings (SSSR count). The van der Waals surface area contributed by atoms with E-state index in [2.05, 4.69) is 5.32 Å². The molecule has 27 heavy (non-hydrogen) atoms. The van der Waals surface area contributed by atoms with E-state index < -0.39 is 10.0 Å². The van der Waals surface area contributed by atoms with Crippen LogP contribution in [0.2, 0.25) is 0 Å². The molecule has 2 aromatic rings. The van der Waals surface area contributed by atoms with Crippen molar-refractivity contribution >= 4 is 15.9 Å². The number of hydrogen-bond donors (Lipinski definition) is 1. The molecule has 7 heteroatoms. The number of sulfonamides is 1. The molecule has 0 saturated carbocycles. The number of benzene rings is 2. The Morgan fingerprint density at radius 1 is 1.04 bits per heavy atom. The van der Waals surface area contributed by atoms with Crippen LogP contribution < -0.4 is 5.32 Å². The zero-order chi connectivity index (χ0) is 19.9. The van der Waals surface area contributed by atoms with Gasteiger partial charge in [-0.25, -0.2) is 12.8 Å². The van der Waals surface area contributed by atoms with Gasteiger partial charge in [0.15, 0.2) is 0 Å². The van der Waals surface area contributed by atoms with Gasteiger partial charge < -0.3 is 5.32 Å². The van der Waals surface area contributed by atoms with E-state index in [-0.39, 0.29) is 23.0 Å². The van der Waals surface area contributed by atoms with Crippen molar-refractivity contribution in [2.75, 3.05) is 13.1 Å². The largest absolute Gasteiger partial charge is 0.352 e. The fraction of sp³-hybridized carbons (Fsp3) is 0.350. The summed E-state index contributed by atoms with van der Waals surface area (Å²) in [5.41, 5.74) is 1.59. The molecule has 0 fully saturated rings. The molecule has 146 valence electrons. The van der Waals surface area contributed by atoms with E-state index in [9.17, 15) is 17.6 Å². The first-order valence-corrected chi connectivity index (χ1v) is 10.4. The first-order valence-electron chi connectivity index (χ1n) is 8.97. The van der Waals surface area contributed by atoms with Gasteiger partial charge >= 0.3 is 0 Å². The minimum atomic E-state index is -3.48. The van der Waals surface area contributed by atoms with E-state index >= 15 is 0 Å². The summed E-state index contributed by atoms with van der Waals surface area (Å²) in [5.74, 6) is -0.452. The highest BCUT2D eigenvalue weighted by molar-refractivity contribution is 7.89. The van der Waals surface area contributed by atoms with Crippen LogP contribution >= 0.6 is 0 Å². The molecule has 0 aliphatic carbocycles. The first kappa shape index (κ1) is 21.1. The van der Waals surface area contributed by atoms with E-state index in [1.165, 1.54) is 16.4 Å². The fourth-order valence-electron chi connectivity index (χ4n) is 2.73. The number of amides is 1. The van der Waals surface area contributed by atoms with Crippen molar-refractivity contribution in [3.63, 3.8) is 0 Å². The number of nitrogens with one attached hydrogen (secondary N) is 1. The molecule has 0 atom stereocenters. The Balaban J connectivity index is 1.88. The summed E-state index contributed by atoms with van der Waals surface area (Å²) in [6.45, 7) is 4.75. The summed E-state index contributed by atoms with van der Waals surface area (Å²) in [6.07, 6.45) is 0.725. The van der Waals surface area contributed by atoms with Crippen molar-refractivity contribution in [2.24, 2.45) is 0 Å². The zero-order valence-electron chi connectivity index (χ0n) is 15.6. The Hall–Kier alpha value is -2.25. The quantitative estimate of drug-likeness (QED) is 0.713. The summed E-state index contributed by atoms with van der Waals surface area (Å²) in [6, 6.07) is 12.7. The zero-order valence-corrected chi connectivity index (χ0v) is 16.4. The lowest BCUT2D eigenvalue weighted by atomic mass is 10.1. The molecule has 0 aliphatic rings. The Morgan fingerprint density at radius 2 is 1.70 bits per heavy atom. The van der Waals surface area contributed by atoms with Gasteiger partial charge in [-0.05, 0) is 41.8 Å². The maximum absolute atomic E-state index is 13.1. The topological polar surface area (TPSA) is 66.5 Å². The van der Waals surface area contributed by atoms with E-state index in [4.69, 9.17) is 0 Å². The molecule has 2 aromatic carbocycles. The van der Waals surface area contributed by atoms with Crippen LogP contribution in [0.4, 0.5) is 4.39 Å². The third kappa shape index (κ3) is 5.87. The molecule has 0 spiro atoms. The average molecular weight is 392 g/mol. The molecular weight excluding hydrogens is 367 g/mol. The molecule has 0 unspecified atom stereocenters. The SMILES string of the molecule is CCN(CC)S(=O)(=O)c1ccc(CNC(=O)CCc2cccc(F)c2)cc1. The highest BCUT2D eigenvalue weighted by Gasteiger charge is 2.21. The predicted octanol–water partition coefficient (Wildman–Crippen LogP) is 3.11. The molecule has 0 heterocycles. The number of carbonyl (C=O) groups excluding carboxylic acids is 1. The summed E-state index contributed by atoms with van der Waals surface area (Å²) in [4.78, 5) is 12.2. The van der Waals surface area contributed by atoms with Crippen molar-refractivity contribution in [1.82, 2.24) is 9.62 Å². The lowest BCUT2D eigenvalue weighted by Gasteiger charge is -2.18. The number of halogens is 1. The molecule has 0 bridgehead atoms. The second kappa shape index (κ2) is 9.62. The Morgan fingerprint density at radius 3 is 2.30 bits per heavy atom. The van der Waals surface area contributed by atoms with E-state index in [1.54, 1.807) is 50.2 Å². The van der Waals surface area contributed by atoms with Crippen LogP contribution in [0, 0.1) is 5.82 Å². The number of rotatable bonds is 9. The molecule has 5 nitrogen and oxygen atoms in total. The normalized spacial score (nSPS) is 11.6. The van der Waals surface area contributed by atoms with Crippen LogP contribution in [0.5, 0.6) is 0 Å². The smallest absolute Gasteiger partial charge is 0.243 e. The second-order valence-electron chi connectivity index (χ2n) is 6.14. The second-order valence-corrected chi connectivity index (χ2v) is 8.08. The van der Waals surface area contributed by atoms with Crippen molar-refractivity contribution < 1.29 is 17.6 Å². The van der Waals surface area contributed by atoms with Crippen LogP contribution in [-0.2, 0) is 27.8 Å². The molecule has 1 amide bonds. The van der Waals surface area contributed by atoms with Crippen molar-refractivity contribution in [3.8, 4) is 0 Å². The Bertz CT molecular complexity index is 863. The predicted molar refractivity (Wildman–Crippen MR) is 103 cm³/mol. The van der Waals surface area contributed by atoms with Crippen LogP contribution in [-0.4, -0.2) is 31.7 Å². The molecular formula is C20H25FN2O3S. The molecule has 0 aliphatic heterocycles. The Labute approximate surface area is 160 Å². The van der Waals surface area contributed by atoms with Gasteiger partial charge in [-0.15, -0.1) is 0 Å². The van der Waals surface area contributed by atoms with Crippen molar-refractivity contribution in [3.05, 3.63) is 65.5 Å². The minimum Gasteiger partial charge on any atom is -0.352 e. The van der Waals surface area contributed by atoms with Crippen molar-refractivity contribution in [2.45, 2.75) is 38.1 Å². The fourth-order valence-corrected chi connectivity index (χ4v) is 4.19. The van der Waals surface area contributed by atoms with E-state index in [0.29, 0.717) is 26.1 Å². The van der Waals surface area contributed by atoms with Gasteiger partial charge in [-0.3, -0.25) is 4.79 Å². The lowest BCUT2D eigenvalue weighted by molar-refractivity contribution is -0.121. The Kier molecular flexibility index (Phi) is 7.50. The maximum atomic E-state index is 13.1. The van der Waals surface area contributed by atoms with Crippen LogP contribution in [0.15, 0.2) is 53.4 Å². The lowest BCUT2D eigenvalue weighted by Crippen LogP contribution is -2.30. The summed E-state index contributed by atoms with van der Waals surface area (Å²) in [7, 11) is -3.48. The number of aryl methyl sites for hydroxylation is 1. The summed E-state index contributed by atoms with van der Waals surface area (Å²) < 4.78 is 39.4.